The van der Waals surface area contributed by atoms with Crippen molar-refractivity contribution in [1.29, 1.82) is 0 Å². The van der Waals surface area contributed by atoms with E-state index in [9.17, 15) is 14.7 Å². The third-order valence-electron chi connectivity index (χ3n) is 3.89. The van der Waals surface area contributed by atoms with Gasteiger partial charge in [0.2, 0.25) is 5.84 Å². The molecule has 0 radical (unpaired) electrons. The molecule has 1 atom stereocenters. The predicted octanol–water partition coefficient (Wildman–Crippen LogP) is 0.438. The van der Waals surface area contributed by atoms with Crippen LogP contribution in [0.5, 0.6) is 0 Å². The van der Waals surface area contributed by atoms with Crippen molar-refractivity contribution in [2.75, 3.05) is 20.6 Å². The second-order valence-electron chi connectivity index (χ2n) is 5.53. The number of aromatic carboxylic acids is 2. The zero-order valence-corrected chi connectivity index (χ0v) is 13.6. The topological polar surface area (TPSA) is 83.7 Å². The molecule has 0 bridgehead atoms. The molecule has 1 aliphatic rings. The third kappa shape index (κ3) is 4.07. The van der Waals surface area contributed by atoms with Crippen LogP contribution in [0.25, 0.3) is 0 Å². The number of amidine groups is 1. The number of hydrogen-bond acceptors (Lipinski definition) is 4. The summed E-state index contributed by atoms with van der Waals surface area (Å²) in [7, 11) is 4.28. The first kappa shape index (κ1) is 17.7. The molecule has 0 saturated heterocycles. The third-order valence-corrected chi connectivity index (χ3v) is 3.89. The molecule has 1 aliphatic heterocycles. The monoisotopic (exact) mass is 306 g/mol. The number of carboxylic acids is 2. The van der Waals surface area contributed by atoms with Crippen molar-refractivity contribution in [3.05, 3.63) is 34.9 Å². The first-order chi connectivity index (χ1) is 10.1. The van der Waals surface area contributed by atoms with Gasteiger partial charge >= 0.3 is 5.97 Å². The maximum absolute atomic E-state index is 10.5. The van der Waals surface area contributed by atoms with Crippen molar-refractivity contribution < 1.29 is 24.4 Å². The molecule has 0 aliphatic carbocycles. The summed E-state index contributed by atoms with van der Waals surface area (Å²) in [6.07, 6.45) is 0. The van der Waals surface area contributed by atoms with Crippen LogP contribution in [0.1, 0.15) is 40.1 Å². The van der Waals surface area contributed by atoms with Crippen LogP contribution in [0.3, 0.4) is 0 Å². The quantitative estimate of drug-likeness (QED) is 0.802. The van der Waals surface area contributed by atoms with Gasteiger partial charge in [0.15, 0.2) is 0 Å². The SMILES string of the molecule is CC1=[N+](C)C(C)CN1C.Cc1ccc(C(=O)O)c(C(=O)[O-])c1. The van der Waals surface area contributed by atoms with Crippen LogP contribution in [-0.2, 0) is 0 Å². The molecule has 1 aromatic rings. The maximum atomic E-state index is 10.5. The average molecular weight is 306 g/mol. The largest absolute Gasteiger partial charge is 0.545 e. The molecule has 6 nitrogen and oxygen atoms in total. The van der Waals surface area contributed by atoms with Crippen molar-refractivity contribution in [2.24, 2.45) is 0 Å². The minimum absolute atomic E-state index is 0.245. The minimum Gasteiger partial charge on any atom is -0.545 e. The van der Waals surface area contributed by atoms with Gasteiger partial charge < -0.3 is 15.0 Å². The van der Waals surface area contributed by atoms with Crippen LogP contribution in [0, 0.1) is 6.92 Å². The van der Waals surface area contributed by atoms with Crippen molar-refractivity contribution in [1.82, 2.24) is 4.90 Å². The standard InChI is InChI=1S/C9H8O4.C7H15N2/c1-5-2-3-6(8(10)11)7(4-5)9(12)13;1-6-5-8(3)7(2)9(6)4/h2-4H,1H3,(H,10,11)(H,12,13);6H,5H2,1-4H3/q;+1/p-1. The number of aryl methyl sites for hydroxylation is 1. The number of carbonyl (C=O) groups is 2. The van der Waals surface area contributed by atoms with E-state index in [4.69, 9.17) is 5.11 Å². The van der Waals surface area contributed by atoms with Gasteiger partial charge in [-0.25, -0.2) is 4.79 Å². The van der Waals surface area contributed by atoms with Gasteiger partial charge in [0.25, 0.3) is 0 Å². The fourth-order valence-electron chi connectivity index (χ4n) is 2.25. The van der Waals surface area contributed by atoms with Gasteiger partial charge in [-0.15, -0.1) is 0 Å². The molecule has 1 aromatic carbocycles. The number of rotatable bonds is 2. The highest BCUT2D eigenvalue weighted by atomic mass is 16.4. The molecule has 0 amide bonds. The number of carboxylic acid groups (broad SMARTS) is 2. The van der Waals surface area contributed by atoms with Gasteiger partial charge in [-0.1, -0.05) is 11.6 Å². The number of hydrogen-bond donors (Lipinski definition) is 1. The summed E-state index contributed by atoms with van der Waals surface area (Å²) in [5.74, 6) is -1.36. The zero-order chi connectivity index (χ0) is 17.0. The van der Waals surface area contributed by atoms with Gasteiger partial charge in [-0.3, -0.25) is 9.48 Å². The van der Waals surface area contributed by atoms with Crippen LogP contribution >= 0.6 is 0 Å². The van der Waals surface area contributed by atoms with E-state index in [1.54, 1.807) is 6.92 Å². The molecular formula is C16H22N2O4. The summed E-state index contributed by atoms with van der Waals surface area (Å²) >= 11 is 0. The lowest BCUT2D eigenvalue weighted by Crippen LogP contribution is -2.25. The first-order valence-corrected chi connectivity index (χ1v) is 6.98. The summed E-state index contributed by atoms with van der Waals surface area (Å²) in [5, 5.41) is 19.1. The first-order valence-electron chi connectivity index (χ1n) is 6.98. The van der Waals surface area contributed by atoms with E-state index in [-0.39, 0.29) is 11.1 Å². The summed E-state index contributed by atoms with van der Waals surface area (Å²) in [6, 6.07) is 4.76. The molecule has 0 fully saturated rings. The van der Waals surface area contributed by atoms with E-state index in [1.807, 2.05) is 0 Å². The lowest BCUT2D eigenvalue weighted by atomic mass is 10.0. The highest BCUT2D eigenvalue weighted by Crippen LogP contribution is 2.10. The van der Waals surface area contributed by atoms with Gasteiger partial charge in [-0.2, -0.15) is 0 Å². The van der Waals surface area contributed by atoms with Crippen LogP contribution in [0.4, 0.5) is 0 Å². The molecule has 120 valence electrons. The summed E-state index contributed by atoms with van der Waals surface area (Å²) < 4.78 is 2.31. The van der Waals surface area contributed by atoms with Crippen molar-refractivity contribution in [3.8, 4) is 0 Å². The molecule has 0 spiro atoms. The number of nitrogens with zero attached hydrogens (tertiary/aromatic N) is 2. The molecule has 2 rings (SSSR count). The normalized spacial score (nSPS) is 17.1. The predicted molar refractivity (Wildman–Crippen MR) is 81.4 cm³/mol. The smallest absolute Gasteiger partial charge is 0.336 e. The van der Waals surface area contributed by atoms with Crippen molar-refractivity contribution >= 4 is 17.8 Å². The zero-order valence-electron chi connectivity index (χ0n) is 13.6. The van der Waals surface area contributed by atoms with Gasteiger partial charge in [0.05, 0.1) is 25.6 Å². The molecular weight excluding hydrogens is 284 g/mol. The summed E-state index contributed by atoms with van der Waals surface area (Å²) in [6.45, 7) is 7.25. The molecule has 1 N–H and O–H groups in total. The van der Waals surface area contributed by atoms with E-state index >= 15 is 0 Å². The lowest BCUT2D eigenvalue weighted by molar-refractivity contribution is -0.523. The van der Waals surface area contributed by atoms with E-state index in [1.165, 1.54) is 30.6 Å². The van der Waals surface area contributed by atoms with Crippen LogP contribution in [0.15, 0.2) is 18.2 Å². The number of benzene rings is 1. The second-order valence-corrected chi connectivity index (χ2v) is 5.53. The van der Waals surface area contributed by atoms with Crippen LogP contribution in [-0.4, -0.2) is 59.0 Å². The van der Waals surface area contributed by atoms with Gasteiger partial charge in [-0.05, 0) is 26.0 Å². The number of likely N-dealkylation sites (N-methyl/N-ethyl adjacent to an activating group) is 2. The Morgan fingerprint density at radius 2 is 1.91 bits per heavy atom. The highest BCUT2D eigenvalue weighted by molar-refractivity contribution is 6.00. The Morgan fingerprint density at radius 3 is 2.23 bits per heavy atom. The van der Waals surface area contributed by atoms with Gasteiger partial charge in [0, 0.05) is 12.5 Å². The molecule has 6 heteroatoms. The van der Waals surface area contributed by atoms with E-state index in [0.717, 1.165) is 0 Å². The van der Waals surface area contributed by atoms with E-state index in [0.29, 0.717) is 11.6 Å². The minimum atomic E-state index is -1.47. The number of carbonyl (C=O) groups excluding carboxylic acids is 1. The highest BCUT2D eigenvalue weighted by Gasteiger charge is 2.26. The van der Waals surface area contributed by atoms with Crippen molar-refractivity contribution in [3.63, 3.8) is 0 Å². The van der Waals surface area contributed by atoms with Gasteiger partial charge in [0.1, 0.15) is 12.6 Å². The Hall–Kier alpha value is -2.37. The second kappa shape index (κ2) is 7.06. The van der Waals surface area contributed by atoms with Crippen LogP contribution in [0.2, 0.25) is 0 Å². The van der Waals surface area contributed by atoms with E-state index < -0.39 is 11.9 Å². The Morgan fingerprint density at radius 1 is 1.32 bits per heavy atom. The lowest BCUT2D eigenvalue weighted by Gasteiger charge is -2.07. The maximum Gasteiger partial charge on any atom is 0.336 e. The fraction of sp³-hybridized carbons (Fsp3) is 0.438. The average Bonchev–Trinajstić information content (AvgIpc) is 2.65. The molecule has 1 unspecified atom stereocenters. The molecule has 0 saturated carbocycles. The molecule has 22 heavy (non-hydrogen) atoms. The Balaban J connectivity index is 0.000000235. The van der Waals surface area contributed by atoms with Crippen LogP contribution < -0.4 is 5.11 Å². The fourth-order valence-corrected chi connectivity index (χ4v) is 2.25. The summed E-state index contributed by atoms with van der Waals surface area (Å²) in [5.41, 5.74) is 0.155. The van der Waals surface area contributed by atoms with E-state index in [2.05, 4.69) is 37.4 Å². The molecule has 0 aromatic heterocycles. The summed E-state index contributed by atoms with van der Waals surface area (Å²) in [4.78, 5) is 23.3. The Bertz CT molecular complexity index is 607. The Labute approximate surface area is 130 Å². The molecule has 1 heterocycles. The Kier molecular flexibility index (Phi) is 5.68. The van der Waals surface area contributed by atoms with Crippen molar-refractivity contribution in [2.45, 2.75) is 26.8 Å².